The van der Waals surface area contributed by atoms with Crippen LogP contribution in [0, 0.1) is 0 Å². The zero-order chi connectivity index (χ0) is 21.5. The number of hydrogen-bond acceptors (Lipinski definition) is 8. The van der Waals surface area contributed by atoms with Crippen LogP contribution in [0.5, 0.6) is 0 Å². The van der Waals surface area contributed by atoms with E-state index >= 15 is 0 Å². The molecule has 2 heterocycles. The van der Waals surface area contributed by atoms with E-state index in [9.17, 15) is 14.4 Å². The molecular formula is C19H22N8O3. The van der Waals surface area contributed by atoms with Crippen molar-refractivity contribution >= 4 is 34.6 Å². The topological polar surface area (TPSA) is 168 Å². The molecule has 1 aromatic carbocycles. The number of rotatable bonds is 8. The Morgan fingerprint density at radius 1 is 1.17 bits per heavy atom. The van der Waals surface area contributed by atoms with Crippen molar-refractivity contribution in [2.24, 2.45) is 0 Å². The van der Waals surface area contributed by atoms with E-state index in [1.54, 1.807) is 31.3 Å². The first-order valence-corrected chi connectivity index (χ1v) is 9.30. The summed E-state index contributed by atoms with van der Waals surface area (Å²) < 4.78 is 0. The highest BCUT2D eigenvalue weighted by Gasteiger charge is 2.08. The van der Waals surface area contributed by atoms with Crippen LogP contribution in [0.15, 0.2) is 35.3 Å². The van der Waals surface area contributed by atoms with Crippen LogP contribution in [0.2, 0.25) is 0 Å². The number of hydrogen-bond donors (Lipinski definition) is 5. The number of aromatic amines is 1. The fourth-order valence-corrected chi connectivity index (χ4v) is 2.67. The van der Waals surface area contributed by atoms with Gasteiger partial charge in [-0.15, -0.1) is 0 Å². The molecule has 2 aromatic heterocycles. The number of nitrogen functional groups attached to an aromatic ring is 1. The highest BCUT2D eigenvalue weighted by atomic mass is 16.2. The number of nitrogens with two attached hydrogens (primary N) is 1. The lowest BCUT2D eigenvalue weighted by molar-refractivity contribution is -0.120. The number of carbonyl (C=O) groups is 2. The molecule has 3 rings (SSSR count). The van der Waals surface area contributed by atoms with Gasteiger partial charge in [-0.2, -0.15) is 4.98 Å². The number of H-pyrrole nitrogens is 1. The second-order valence-corrected chi connectivity index (χ2v) is 6.45. The molecule has 30 heavy (non-hydrogen) atoms. The van der Waals surface area contributed by atoms with Gasteiger partial charge in [0.2, 0.25) is 11.9 Å². The molecular weight excluding hydrogens is 388 g/mol. The summed E-state index contributed by atoms with van der Waals surface area (Å²) >= 11 is 0. The lowest BCUT2D eigenvalue weighted by Crippen LogP contribution is -2.26. The minimum absolute atomic E-state index is 0.0109. The number of fused-ring (bicyclic) bond motifs is 1. The molecule has 0 spiro atoms. The highest BCUT2D eigenvalue weighted by Crippen LogP contribution is 2.11. The van der Waals surface area contributed by atoms with Crippen molar-refractivity contribution in [3.05, 3.63) is 52.1 Å². The van der Waals surface area contributed by atoms with E-state index in [4.69, 9.17) is 5.73 Å². The van der Waals surface area contributed by atoms with Crippen LogP contribution in [0.1, 0.15) is 28.9 Å². The fraction of sp³-hybridized carbons (Fsp3) is 0.263. The van der Waals surface area contributed by atoms with Crippen LogP contribution in [-0.4, -0.2) is 45.3 Å². The van der Waals surface area contributed by atoms with Gasteiger partial charge in [0.05, 0.1) is 18.4 Å². The fourth-order valence-electron chi connectivity index (χ4n) is 2.67. The van der Waals surface area contributed by atoms with E-state index in [2.05, 4.69) is 35.9 Å². The van der Waals surface area contributed by atoms with Gasteiger partial charge in [-0.05, 0) is 30.7 Å². The summed E-state index contributed by atoms with van der Waals surface area (Å²) in [7, 11) is 1.58. The molecule has 2 amide bonds. The number of benzene rings is 1. The van der Waals surface area contributed by atoms with Gasteiger partial charge in [0, 0.05) is 31.3 Å². The van der Waals surface area contributed by atoms with Gasteiger partial charge < -0.3 is 21.7 Å². The van der Waals surface area contributed by atoms with Gasteiger partial charge in [0.25, 0.3) is 11.5 Å². The molecule has 156 valence electrons. The molecule has 0 atom stereocenters. The van der Waals surface area contributed by atoms with Crippen molar-refractivity contribution in [3.63, 3.8) is 0 Å². The lowest BCUT2D eigenvalue weighted by Gasteiger charge is -2.08. The summed E-state index contributed by atoms with van der Waals surface area (Å²) in [5.74, 6) is -0.270. The average Bonchev–Trinajstić information content (AvgIpc) is 2.75. The summed E-state index contributed by atoms with van der Waals surface area (Å²) in [6.45, 7) is 0.754. The Hall–Kier alpha value is -4.02. The molecule has 0 unspecified atom stereocenters. The van der Waals surface area contributed by atoms with Crippen LogP contribution < -0.4 is 27.2 Å². The minimum atomic E-state index is -0.447. The zero-order valence-corrected chi connectivity index (χ0v) is 16.4. The average molecular weight is 410 g/mol. The van der Waals surface area contributed by atoms with E-state index in [-0.39, 0.29) is 28.9 Å². The Morgan fingerprint density at radius 3 is 2.67 bits per heavy atom. The quantitative estimate of drug-likeness (QED) is 0.327. The SMILES string of the molecule is CNC(=O)CCCNC(=O)c1ccc(NCc2cnc3nc(N)[nH]c(=O)c3n2)cc1. The summed E-state index contributed by atoms with van der Waals surface area (Å²) in [4.78, 5) is 49.9. The van der Waals surface area contributed by atoms with E-state index < -0.39 is 5.56 Å². The summed E-state index contributed by atoms with van der Waals surface area (Å²) in [5, 5.41) is 8.47. The summed E-state index contributed by atoms with van der Waals surface area (Å²) in [6.07, 6.45) is 2.46. The van der Waals surface area contributed by atoms with E-state index in [0.29, 0.717) is 37.2 Å². The Kier molecular flexibility index (Phi) is 6.53. The van der Waals surface area contributed by atoms with Crippen molar-refractivity contribution < 1.29 is 9.59 Å². The standard InChI is InChI=1S/C19H22N8O3/c1-21-14(28)3-2-8-22-17(29)11-4-6-12(7-5-11)23-9-13-10-24-16-15(25-13)18(30)27-19(20)26-16/h4-7,10,23H,2-3,8-9H2,1H3,(H,21,28)(H,22,29)(H3,20,24,26,27,30). The highest BCUT2D eigenvalue weighted by molar-refractivity contribution is 5.94. The van der Waals surface area contributed by atoms with Gasteiger partial charge in [0.15, 0.2) is 11.2 Å². The largest absolute Gasteiger partial charge is 0.379 e. The molecule has 0 saturated heterocycles. The van der Waals surface area contributed by atoms with Gasteiger partial charge in [-0.1, -0.05) is 0 Å². The Balaban J connectivity index is 1.54. The lowest BCUT2D eigenvalue weighted by atomic mass is 10.2. The van der Waals surface area contributed by atoms with Crippen LogP contribution in [0.3, 0.4) is 0 Å². The van der Waals surface area contributed by atoms with E-state index in [0.717, 1.165) is 5.69 Å². The summed E-state index contributed by atoms with van der Waals surface area (Å²) in [5.41, 5.74) is 7.19. The number of nitrogens with one attached hydrogen (secondary N) is 4. The molecule has 0 aliphatic rings. The van der Waals surface area contributed by atoms with Crippen molar-refractivity contribution in [1.29, 1.82) is 0 Å². The van der Waals surface area contributed by atoms with Gasteiger partial charge in [-0.3, -0.25) is 19.4 Å². The number of amides is 2. The second kappa shape index (κ2) is 9.45. The first-order valence-electron chi connectivity index (χ1n) is 9.30. The van der Waals surface area contributed by atoms with Crippen molar-refractivity contribution in [2.45, 2.75) is 19.4 Å². The van der Waals surface area contributed by atoms with Crippen LogP contribution in [-0.2, 0) is 11.3 Å². The first kappa shape index (κ1) is 20.7. The zero-order valence-electron chi connectivity index (χ0n) is 16.4. The molecule has 3 aromatic rings. The second-order valence-electron chi connectivity index (χ2n) is 6.45. The molecule has 0 saturated carbocycles. The predicted octanol–water partition coefficient (Wildman–Crippen LogP) is 0.163. The van der Waals surface area contributed by atoms with Gasteiger partial charge in [0.1, 0.15) is 0 Å². The third kappa shape index (κ3) is 5.28. The predicted molar refractivity (Wildman–Crippen MR) is 112 cm³/mol. The van der Waals surface area contributed by atoms with Crippen LogP contribution >= 0.6 is 0 Å². The maximum absolute atomic E-state index is 12.1. The minimum Gasteiger partial charge on any atom is -0.379 e. The molecule has 0 aliphatic carbocycles. The maximum Gasteiger partial charge on any atom is 0.280 e. The van der Waals surface area contributed by atoms with E-state index in [1.165, 1.54) is 6.20 Å². The molecule has 11 nitrogen and oxygen atoms in total. The molecule has 11 heteroatoms. The summed E-state index contributed by atoms with van der Waals surface area (Å²) in [6, 6.07) is 6.92. The number of carbonyl (C=O) groups excluding carboxylic acids is 2. The third-order valence-electron chi connectivity index (χ3n) is 4.25. The maximum atomic E-state index is 12.1. The van der Waals surface area contributed by atoms with Crippen molar-refractivity contribution in [3.8, 4) is 0 Å². The molecule has 0 bridgehead atoms. The monoisotopic (exact) mass is 410 g/mol. The van der Waals surface area contributed by atoms with Crippen molar-refractivity contribution in [1.82, 2.24) is 30.6 Å². The van der Waals surface area contributed by atoms with Crippen LogP contribution in [0.25, 0.3) is 11.2 Å². The Morgan fingerprint density at radius 2 is 1.93 bits per heavy atom. The molecule has 0 fully saturated rings. The van der Waals surface area contributed by atoms with Crippen molar-refractivity contribution in [2.75, 3.05) is 24.6 Å². The first-order chi connectivity index (χ1) is 14.5. The smallest absolute Gasteiger partial charge is 0.280 e. The Bertz CT molecular complexity index is 1110. The van der Waals surface area contributed by atoms with Gasteiger partial charge >= 0.3 is 0 Å². The molecule has 0 aliphatic heterocycles. The third-order valence-corrected chi connectivity index (χ3v) is 4.25. The molecule has 0 radical (unpaired) electrons. The number of nitrogens with zero attached hydrogens (tertiary/aromatic N) is 3. The number of anilines is 2. The van der Waals surface area contributed by atoms with Crippen LogP contribution in [0.4, 0.5) is 11.6 Å². The molecule has 6 N–H and O–H groups in total. The normalized spacial score (nSPS) is 10.6. The van der Waals surface area contributed by atoms with E-state index in [1.807, 2.05) is 0 Å². The van der Waals surface area contributed by atoms with Gasteiger partial charge in [-0.25, -0.2) is 9.97 Å². The number of aromatic nitrogens is 4. The Labute approximate surface area is 171 Å².